The van der Waals surface area contributed by atoms with Crippen LogP contribution in [0.3, 0.4) is 0 Å². The molecule has 0 atom stereocenters. The van der Waals surface area contributed by atoms with E-state index >= 15 is 0 Å². The highest BCUT2D eigenvalue weighted by Gasteiger charge is 2.24. The number of amides is 2. The summed E-state index contributed by atoms with van der Waals surface area (Å²) < 4.78 is 0. The maximum atomic E-state index is 12.9. The monoisotopic (exact) mass is 337 g/mol. The van der Waals surface area contributed by atoms with Crippen molar-refractivity contribution in [2.45, 2.75) is 26.7 Å². The molecule has 25 heavy (non-hydrogen) atoms. The zero-order chi connectivity index (χ0) is 18.0. The summed E-state index contributed by atoms with van der Waals surface area (Å²) in [5.41, 5.74) is 10.0. The Kier molecular flexibility index (Phi) is 4.74. The highest BCUT2D eigenvalue weighted by Crippen LogP contribution is 2.32. The van der Waals surface area contributed by atoms with Gasteiger partial charge in [0.2, 0.25) is 5.91 Å². The van der Waals surface area contributed by atoms with Gasteiger partial charge in [0.1, 0.15) is 0 Å². The minimum Gasteiger partial charge on any atom is -0.398 e. The van der Waals surface area contributed by atoms with E-state index in [1.54, 1.807) is 29.2 Å². The predicted molar refractivity (Wildman–Crippen MR) is 101 cm³/mol. The third-order valence-electron chi connectivity index (χ3n) is 4.46. The van der Waals surface area contributed by atoms with E-state index in [9.17, 15) is 9.59 Å². The molecular weight excluding hydrogens is 314 g/mol. The van der Waals surface area contributed by atoms with Crippen LogP contribution < -0.4 is 16.0 Å². The molecule has 5 heteroatoms. The summed E-state index contributed by atoms with van der Waals surface area (Å²) in [7, 11) is 0. The van der Waals surface area contributed by atoms with Crippen molar-refractivity contribution in [3.63, 3.8) is 0 Å². The Balaban J connectivity index is 1.81. The molecule has 0 bridgehead atoms. The fourth-order valence-electron chi connectivity index (χ4n) is 3.00. The zero-order valence-electron chi connectivity index (χ0n) is 14.6. The average Bonchev–Trinajstić information content (AvgIpc) is 2.61. The maximum Gasteiger partial charge on any atom is 0.258 e. The molecule has 2 aromatic carbocycles. The molecule has 0 fully saturated rings. The first-order chi connectivity index (χ1) is 12.0. The van der Waals surface area contributed by atoms with Crippen LogP contribution in [0.1, 0.15) is 36.2 Å². The van der Waals surface area contributed by atoms with Gasteiger partial charge in [0.05, 0.1) is 0 Å². The van der Waals surface area contributed by atoms with Crippen LogP contribution in [0, 0.1) is 5.92 Å². The summed E-state index contributed by atoms with van der Waals surface area (Å²) in [4.78, 5) is 26.5. The Morgan fingerprint density at radius 3 is 2.52 bits per heavy atom. The van der Waals surface area contributed by atoms with Crippen LogP contribution in [-0.4, -0.2) is 18.4 Å². The predicted octanol–water partition coefficient (Wildman–Crippen LogP) is 3.46. The summed E-state index contributed by atoms with van der Waals surface area (Å²) in [6, 6.07) is 12.7. The fraction of sp³-hybridized carbons (Fsp3) is 0.300. The lowest BCUT2D eigenvalue weighted by molar-refractivity contribution is -0.118. The topological polar surface area (TPSA) is 75.4 Å². The first-order valence-corrected chi connectivity index (χ1v) is 8.57. The molecule has 3 rings (SSSR count). The summed E-state index contributed by atoms with van der Waals surface area (Å²) in [6.45, 7) is 4.36. The zero-order valence-corrected chi connectivity index (χ0v) is 14.6. The van der Waals surface area contributed by atoms with E-state index in [2.05, 4.69) is 5.32 Å². The molecule has 0 saturated heterocycles. The highest BCUT2D eigenvalue weighted by atomic mass is 16.2. The van der Waals surface area contributed by atoms with E-state index in [1.807, 2.05) is 32.0 Å². The van der Waals surface area contributed by atoms with E-state index < -0.39 is 0 Å². The molecule has 1 aliphatic rings. The Labute approximate surface area is 147 Å². The largest absolute Gasteiger partial charge is 0.398 e. The normalized spacial score (nSPS) is 13.5. The number of benzene rings is 2. The number of carbonyl (C=O) groups excluding carboxylic acids is 2. The van der Waals surface area contributed by atoms with Crippen LogP contribution in [0.5, 0.6) is 0 Å². The lowest BCUT2D eigenvalue weighted by Crippen LogP contribution is -2.35. The van der Waals surface area contributed by atoms with Gasteiger partial charge in [-0.15, -0.1) is 0 Å². The fourth-order valence-corrected chi connectivity index (χ4v) is 3.00. The van der Waals surface area contributed by atoms with Crippen LogP contribution in [0.15, 0.2) is 42.5 Å². The van der Waals surface area contributed by atoms with Crippen molar-refractivity contribution < 1.29 is 9.59 Å². The lowest BCUT2D eigenvalue weighted by atomic mass is 9.99. The maximum absolute atomic E-state index is 12.9. The second kappa shape index (κ2) is 6.97. The molecule has 0 aliphatic carbocycles. The number of nitrogens with one attached hydrogen (secondary N) is 1. The summed E-state index contributed by atoms with van der Waals surface area (Å²) >= 11 is 0. The number of carbonyl (C=O) groups is 2. The standard InChI is InChI=1S/C20H23N3O2/c1-13(2)19(24)22-15-10-8-14(9-11-15)20(25)23-12-4-5-16-17(21)6-3-7-18(16)23/h3,6-11,13H,4-5,12,21H2,1-2H3,(H,22,24). The Hall–Kier alpha value is -2.82. The van der Waals surface area contributed by atoms with Gasteiger partial charge < -0.3 is 16.0 Å². The smallest absolute Gasteiger partial charge is 0.258 e. The molecule has 0 unspecified atom stereocenters. The second-order valence-corrected chi connectivity index (χ2v) is 6.63. The quantitative estimate of drug-likeness (QED) is 0.842. The molecule has 0 aromatic heterocycles. The van der Waals surface area contributed by atoms with Crippen molar-refractivity contribution in [1.82, 2.24) is 0 Å². The van der Waals surface area contributed by atoms with Crippen molar-refractivity contribution >= 4 is 28.9 Å². The molecule has 1 aliphatic heterocycles. The van der Waals surface area contributed by atoms with Gasteiger partial charge in [0.25, 0.3) is 5.91 Å². The third-order valence-corrected chi connectivity index (χ3v) is 4.46. The van der Waals surface area contributed by atoms with Crippen molar-refractivity contribution in [1.29, 1.82) is 0 Å². The molecule has 0 saturated carbocycles. The van der Waals surface area contributed by atoms with Crippen LogP contribution in [-0.2, 0) is 11.2 Å². The number of hydrogen-bond acceptors (Lipinski definition) is 3. The van der Waals surface area contributed by atoms with Crippen molar-refractivity contribution in [3.05, 3.63) is 53.6 Å². The lowest BCUT2D eigenvalue weighted by Gasteiger charge is -2.30. The number of nitrogen functional groups attached to an aromatic ring is 1. The minimum atomic E-state index is -0.0865. The number of anilines is 3. The van der Waals surface area contributed by atoms with E-state index in [0.29, 0.717) is 17.8 Å². The molecular formula is C20H23N3O2. The second-order valence-electron chi connectivity index (χ2n) is 6.63. The van der Waals surface area contributed by atoms with Gasteiger partial charge in [-0.1, -0.05) is 19.9 Å². The SMILES string of the molecule is CC(C)C(=O)Nc1ccc(C(=O)N2CCCc3c(N)cccc32)cc1. The number of rotatable bonds is 3. The van der Waals surface area contributed by atoms with Gasteiger partial charge >= 0.3 is 0 Å². The van der Waals surface area contributed by atoms with Gasteiger partial charge in [0.15, 0.2) is 0 Å². The number of nitrogens with two attached hydrogens (primary N) is 1. The summed E-state index contributed by atoms with van der Waals surface area (Å²) in [5.74, 6) is -0.176. The Bertz CT molecular complexity index is 797. The Morgan fingerprint density at radius 2 is 1.84 bits per heavy atom. The molecule has 1 heterocycles. The highest BCUT2D eigenvalue weighted by molar-refractivity contribution is 6.07. The molecule has 130 valence electrons. The van der Waals surface area contributed by atoms with Crippen molar-refractivity contribution in [2.24, 2.45) is 5.92 Å². The van der Waals surface area contributed by atoms with Gasteiger partial charge in [-0.05, 0) is 54.8 Å². The van der Waals surface area contributed by atoms with Crippen LogP contribution in [0.2, 0.25) is 0 Å². The van der Waals surface area contributed by atoms with Crippen molar-refractivity contribution in [2.75, 3.05) is 22.5 Å². The van der Waals surface area contributed by atoms with Gasteiger partial charge in [-0.3, -0.25) is 9.59 Å². The Morgan fingerprint density at radius 1 is 1.12 bits per heavy atom. The number of hydrogen-bond donors (Lipinski definition) is 2. The van der Waals surface area contributed by atoms with E-state index in [1.165, 1.54) is 0 Å². The number of fused-ring (bicyclic) bond motifs is 1. The van der Waals surface area contributed by atoms with Crippen LogP contribution >= 0.6 is 0 Å². The molecule has 0 spiro atoms. The molecule has 2 aromatic rings. The average molecular weight is 337 g/mol. The van der Waals surface area contributed by atoms with Crippen molar-refractivity contribution in [3.8, 4) is 0 Å². The first kappa shape index (κ1) is 17.0. The summed E-state index contributed by atoms with van der Waals surface area (Å²) in [6.07, 6.45) is 1.79. The molecule has 0 radical (unpaired) electrons. The summed E-state index contributed by atoms with van der Waals surface area (Å²) in [5, 5.41) is 2.83. The van der Waals surface area contributed by atoms with Crippen LogP contribution in [0.25, 0.3) is 0 Å². The minimum absolute atomic E-state index is 0.0421. The van der Waals surface area contributed by atoms with Gasteiger partial charge in [-0.25, -0.2) is 0 Å². The van der Waals surface area contributed by atoms with E-state index in [-0.39, 0.29) is 17.7 Å². The molecule has 3 N–H and O–H groups in total. The van der Waals surface area contributed by atoms with Gasteiger partial charge in [-0.2, -0.15) is 0 Å². The first-order valence-electron chi connectivity index (χ1n) is 8.57. The van der Waals surface area contributed by atoms with E-state index in [4.69, 9.17) is 5.73 Å². The molecule has 5 nitrogen and oxygen atoms in total. The molecule has 2 amide bonds. The third kappa shape index (κ3) is 3.50. The van der Waals surface area contributed by atoms with E-state index in [0.717, 1.165) is 29.8 Å². The number of nitrogens with zero attached hydrogens (tertiary/aromatic N) is 1. The van der Waals surface area contributed by atoms with Crippen LogP contribution in [0.4, 0.5) is 17.1 Å². The van der Waals surface area contributed by atoms with Gasteiger partial charge in [0, 0.05) is 35.1 Å².